The molecule has 2 fully saturated rings. The molecule has 0 aromatic heterocycles. The van der Waals surface area contributed by atoms with E-state index in [9.17, 15) is 65.8 Å². The number of ether oxygens (including phenoxy) is 4. The van der Waals surface area contributed by atoms with Crippen molar-refractivity contribution in [1.82, 2.24) is 0 Å². The standard InChI is InChI=1S/C47H73NO17/c1-27-17-15-13-11-9-7-5-6-8-10-12-14-16-18-34(64-46-44(58)41(48)43(57)30(4)63-46)24-38-40(45(59)60)37(54)26-47(61,65-38)25-33(51)22-36(53)35(52)20-19-31(49)21-32(50)23-39(55)62-29(3)28(2)42(27)56/h5-18,27-38,40-44,46,49-54,56-58,61H,19-26,48H2,1-4H3,(H,59,60)/b6-5+,9-7+,10-8+,13-11-,14-12+,17-15+,18-16?/t27-,28-,29-,30-,31-,32-,33+,34-,35-,36-,37-,38+,40+,41+,42+,43-,44+,46+,47+/m0/s1. The molecule has 0 aromatic carbocycles. The first-order valence-corrected chi connectivity index (χ1v) is 22.3. The minimum Gasteiger partial charge on any atom is -0.481 e. The van der Waals surface area contributed by atoms with E-state index in [0.717, 1.165) is 0 Å². The number of nitrogens with two attached hydrogens (primary N) is 1. The fourth-order valence-corrected chi connectivity index (χ4v) is 7.97. The smallest absolute Gasteiger partial charge is 0.311 e. The molecule has 0 amide bonds. The summed E-state index contributed by atoms with van der Waals surface area (Å²) in [6, 6.07) is -1.15. The number of carboxylic acids is 1. The van der Waals surface area contributed by atoms with Gasteiger partial charge in [0, 0.05) is 37.5 Å². The van der Waals surface area contributed by atoms with Crippen molar-refractivity contribution >= 4 is 11.9 Å². The van der Waals surface area contributed by atoms with Crippen LogP contribution in [0.2, 0.25) is 0 Å². The average Bonchev–Trinajstić information content (AvgIpc) is 3.21. The summed E-state index contributed by atoms with van der Waals surface area (Å²) in [6.45, 7) is 6.74. The van der Waals surface area contributed by atoms with Gasteiger partial charge in [-0.2, -0.15) is 0 Å². The normalized spacial score (nSPS) is 45.0. The monoisotopic (exact) mass is 923 g/mol. The number of allylic oxidation sites excluding steroid dienone is 12. The van der Waals surface area contributed by atoms with Crippen LogP contribution in [0.1, 0.15) is 79.1 Å². The first kappa shape index (κ1) is 55.9. The van der Waals surface area contributed by atoms with E-state index in [1.165, 1.54) is 13.0 Å². The quantitative estimate of drug-likeness (QED) is 0.174. The number of esters is 1. The molecule has 3 rings (SSSR count). The Morgan fingerprint density at radius 2 is 1.23 bits per heavy atom. The fraction of sp³-hybridized carbons (Fsp3) is 0.660. The zero-order chi connectivity index (χ0) is 48.4. The number of aliphatic hydroxyl groups excluding tert-OH is 9. The second kappa shape index (κ2) is 27.4. The van der Waals surface area contributed by atoms with Crippen molar-refractivity contribution in [2.45, 2.75) is 177 Å². The Labute approximate surface area is 381 Å². The average molecular weight is 924 g/mol. The second-order valence-electron chi connectivity index (χ2n) is 17.6. The lowest BCUT2D eigenvalue weighted by atomic mass is 9.82. The largest absolute Gasteiger partial charge is 0.481 e. The molecule has 0 aliphatic carbocycles. The Bertz CT molecular complexity index is 1670. The number of carboxylic acid groups (broad SMARTS) is 1. The summed E-state index contributed by atoms with van der Waals surface area (Å²) in [4.78, 5) is 25.1. The molecule has 13 N–H and O–H groups in total. The first-order chi connectivity index (χ1) is 30.6. The molecule has 0 aromatic rings. The number of carbonyl (C=O) groups is 2. The van der Waals surface area contributed by atoms with Crippen LogP contribution in [0.3, 0.4) is 0 Å². The van der Waals surface area contributed by atoms with Gasteiger partial charge in [-0.1, -0.05) is 98.9 Å². The zero-order valence-corrected chi connectivity index (χ0v) is 37.6. The molecule has 18 heteroatoms. The highest BCUT2D eigenvalue weighted by atomic mass is 16.7. The van der Waals surface area contributed by atoms with Crippen molar-refractivity contribution in [2.75, 3.05) is 0 Å². The van der Waals surface area contributed by atoms with E-state index < -0.39 is 147 Å². The summed E-state index contributed by atoms with van der Waals surface area (Å²) >= 11 is 0. The zero-order valence-electron chi connectivity index (χ0n) is 37.6. The van der Waals surface area contributed by atoms with Crippen LogP contribution in [0.15, 0.2) is 85.1 Å². The highest BCUT2D eigenvalue weighted by Gasteiger charge is 2.51. The van der Waals surface area contributed by atoms with Gasteiger partial charge in [-0.25, -0.2) is 0 Å². The number of hydrogen-bond acceptors (Lipinski definition) is 17. The van der Waals surface area contributed by atoms with Gasteiger partial charge in [-0.05, 0) is 33.1 Å². The third-order valence-electron chi connectivity index (χ3n) is 12.0. The lowest BCUT2D eigenvalue weighted by Crippen LogP contribution is -2.61. The third-order valence-corrected chi connectivity index (χ3v) is 12.0. The van der Waals surface area contributed by atoms with Crippen molar-refractivity contribution in [3.05, 3.63) is 85.1 Å². The number of fused-ring (bicyclic) bond motifs is 2. The molecular formula is C47H73NO17. The van der Waals surface area contributed by atoms with Crippen LogP contribution in [0, 0.1) is 17.8 Å². The summed E-state index contributed by atoms with van der Waals surface area (Å²) in [5, 5.41) is 118. The molecule has 0 saturated carbocycles. The number of carbonyl (C=O) groups excluding carboxylic acids is 1. The molecule has 0 unspecified atom stereocenters. The lowest BCUT2D eigenvalue weighted by Gasteiger charge is -2.45. The molecule has 0 radical (unpaired) electrons. The second-order valence-corrected chi connectivity index (χ2v) is 17.6. The van der Waals surface area contributed by atoms with Gasteiger partial charge >= 0.3 is 11.9 Å². The molecule has 3 aliphatic heterocycles. The van der Waals surface area contributed by atoms with E-state index in [1.807, 2.05) is 19.1 Å². The van der Waals surface area contributed by atoms with Gasteiger partial charge in [0.2, 0.25) is 0 Å². The minimum atomic E-state index is -2.33. The minimum absolute atomic E-state index is 0.107. The van der Waals surface area contributed by atoms with Crippen LogP contribution in [-0.2, 0) is 28.5 Å². The first-order valence-electron chi connectivity index (χ1n) is 22.3. The van der Waals surface area contributed by atoms with Gasteiger partial charge in [0.1, 0.15) is 18.1 Å². The van der Waals surface area contributed by atoms with E-state index >= 15 is 0 Å². The van der Waals surface area contributed by atoms with Crippen LogP contribution >= 0.6 is 0 Å². The summed E-state index contributed by atoms with van der Waals surface area (Å²) < 4.78 is 23.1. The van der Waals surface area contributed by atoms with Crippen LogP contribution < -0.4 is 5.73 Å². The summed E-state index contributed by atoms with van der Waals surface area (Å²) in [5.41, 5.74) is 6.02. The van der Waals surface area contributed by atoms with Gasteiger partial charge in [-0.15, -0.1) is 0 Å². The maximum Gasteiger partial charge on any atom is 0.311 e. The van der Waals surface area contributed by atoms with Gasteiger partial charge in [0.05, 0.1) is 79.6 Å². The Balaban J connectivity index is 1.86. The van der Waals surface area contributed by atoms with Crippen molar-refractivity contribution in [3.8, 4) is 0 Å². The number of hydrogen-bond donors (Lipinski definition) is 12. The van der Waals surface area contributed by atoms with E-state index in [4.69, 9.17) is 24.7 Å². The predicted octanol–water partition coefficient (Wildman–Crippen LogP) is 0.712. The third kappa shape index (κ3) is 18.6. The van der Waals surface area contributed by atoms with E-state index in [2.05, 4.69) is 0 Å². The van der Waals surface area contributed by atoms with Crippen LogP contribution in [0.5, 0.6) is 0 Å². The molecule has 0 spiro atoms. The van der Waals surface area contributed by atoms with Gasteiger partial charge < -0.3 is 80.9 Å². The van der Waals surface area contributed by atoms with E-state index in [-0.39, 0.29) is 31.6 Å². The Morgan fingerprint density at radius 1 is 0.662 bits per heavy atom. The number of cyclic esters (lactones) is 1. The van der Waals surface area contributed by atoms with Gasteiger partial charge in [0.25, 0.3) is 0 Å². The summed E-state index contributed by atoms with van der Waals surface area (Å²) in [7, 11) is 0. The molecule has 3 heterocycles. The van der Waals surface area contributed by atoms with Crippen molar-refractivity contribution in [2.24, 2.45) is 23.5 Å². The van der Waals surface area contributed by atoms with Crippen molar-refractivity contribution in [3.63, 3.8) is 0 Å². The van der Waals surface area contributed by atoms with E-state index in [0.29, 0.717) is 0 Å². The fourth-order valence-electron chi connectivity index (χ4n) is 7.97. The Kier molecular flexibility index (Phi) is 23.6. The summed E-state index contributed by atoms with van der Waals surface area (Å²) in [5.74, 6) is -6.83. The predicted molar refractivity (Wildman–Crippen MR) is 237 cm³/mol. The highest BCUT2D eigenvalue weighted by Crippen LogP contribution is 2.38. The van der Waals surface area contributed by atoms with E-state index in [1.54, 1.807) is 80.7 Å². The highest BCUT2D eigenvalue weighted by molar-refractivity contribution is 5.71. The van der Waals surface area contributed by atoms with Crippen molar-refractivity contribution in [1.29, 1.82) is 0 Å². The summed E-state index contributed by atoms with van der Waals surface area (Å²) in [6.07, 6.45) is 3.46. The Hall–Kier alpha value is -3.44. The van der Waals surface area contributed by atoms with Crippen LogP contribution in [-0.4, -0.2) is 166 Å². The number of aliphatic hydroxyl groups is 10. The number of rotatable bonds is 3. The molecule has 65 heavy (non-hydrogen) atoms. The molecule has 2 saturated heterocycles. The maximum absolute atomic E-state index is 12.6. The molecule has 368 valence electrons. The van der Waals surface area contributed by atoms with Gasteiger partial charge in [0.15, 0.2) is 12.1 Å². The SMILES string of the molecule is C[C@@H]1[C@H](O)[C@@H](C)/C=C/C=C\C=C\C=C\C=C\C=C\C=C[C@H](O[C@H]2O[C@@H](C)[C@H](O)[C@@H](N)[C@H]2O)C[C@H]2O[C@](O)(C[C@H](O)C[C@H](O)[C@@H](O)CC[C@H](O)C[C@H](O)CC(=O)O[C@H]1C)C[C@H](O)[C@H]2C(=O)O. The molecule has 3 aliphatic rings. The number of aliphatic carboxylic acids is 1. The Morgan fingerprint density at radius 3 is 1.82 bits per heavy atom. The topological polar surface area (TPSA) is 320 Å². The van der Waals surface area contributed by atoms with Gasteiger partial charge in [-0.3, -0.25) is 9.59 Å². The molecule has 2 bridgehead atoms. The lowest BCUT2D eigenvalue weighted by molar-refractivity contribution is -0.308. The molecular weight excluding hydrogens is 851 g/mol. The molecule has 18 nitrogen and oxygen atoms in total. The van der Waals surface area contributed by atoms with Crippen LogP contribution in [0.25, 0.3) is 0 Å². The van der Waals surface area contributed by atoms with Crippen LogP contribution in [0.4, 0.5) is 0 Å². The maximum atomic E-state index is 12.6. The molecule has 19 atom stereocenters. The van der Waals surface area contributed by atoms with Crippen molar-refractivity contribution < 1.29 is 84.7 Å².